The second kappa shape index (κ2) is 11.5. The van der Waals surface area contributed by atoms with Crippen LogP contribution in [0.3, 0.4) is 0 Å². The Labute approximate surface area is 183 Å². The lowest BCUT2D eigenvalue weighted by Gasteiger charge is -2.28. The number of nitrogens with one attached hydrogen (secondary N) is 1. The zero-order valence-corrected chi connectivity index (χ0v) is 17.5. The van der Waals surface area contributed by atoms with Crippen LogP contribution >= 0.6 is 0 Å². The average Bonchev–Trinajstić information content (AvgIpc) is 3.01. The van der Waals surface area contributed by atoms with Crippen LogP contribution in [0.25, 0.3) is 0 Å². The van der Waals surface area contributed by atoms with Gasteiger partial charge in [-0.15, -0.1) is 0 Å². The second-order valence-corrected chi connectivity index (χ2v) is 7.15. The number of benzene rings is 1. The van der Waals surface area contributed by atoms with Crippen molar-refractivity contribution >= 4 is 23.9 Å². The normalized spacial score (nSPS) is 17.1. The van der Waals surface area contributed by atoms with Gasteiger partial charge in [0.15, 0.2) is 0 Å². The SMILES string of the molecule is CCOC(=O)C(CCc1ccccc1)N1C(=O)OC(=O)C1CCCCNC(=O)C(F)(F)F. The summed E-state index contributed by atoms with van der Waals surface area (Å²) in [5.41, 5.74) is 0.928. The monoisotopic (exact) mass is 458 g/mol. The summed E-state index contributed by atoms with van der Waals surface area (Å²) < 4.78 is 46.4. The zero-order chi connectivity index (χ0) is 23.7. The molecule has 0 aromatic heterocycles. The molecule has 0 saturated carbocycles. The summed E-state index contributed by atoms with van der Waals surface area (Å²) in [5, 5.41) is 1.74. The van der Waals surface area contributed by atoms with Crippen molar-refractivity contribution in [3.63, 3.8) is 0 Å². The minimum Gasteiger partial charge on any atom is -0.464 e. The molecule has 2 rings (SSSR count). The van der Waals surface area contributed by atoms with E-state index >= 15 is 0 Å². The van der Waals surface area contributed by atoms with E-state index in [1.807, 2.05) is 30.3 Å². The van der Waals surface area contributed by atoms with Gasteiger partial charge in [0.2, 0.25) is 0 Å². The predicted octanol–water partition coefficient (Wildman–Crippen LogP) is 2.75. The third-order valence-corrected chi connectivity index (χ3v) is 4.90. The number of unbranched alkanes of at least 4 members (excludes halogenated alkanes) is 1. The fourth-order valence-corrected chi connectivity index (χ4v) is 3.37. The van der Waals surface area contributed by atoms with Crippen LogP contribution < -0.4 is 5.32 Å². The summed E-state index contributed by atoms with van der Waals surface area (Å²) in [6, 6.07) is 7.13. The lowest BCUT2D eigenvalue weighted by molar-refractivity contribution is -0.173. The summed E-state index contributed by atoms with van der Waals surface area (Å²) in [4.78, 5) is 49.0. The lowest BCUT2D eigenvalue weighted by Crippen LogP contribution is -2.48. The molecule has 1 fully saturated rings. The number of alkyl halides is 3. The number of rotatable bonds is 11. The highest BCUT2D eigenvalue weighted by atomic mass is 19.4. The number of hydrogen-bond acceptors (Lipinski definition) is 6. The second-order valence-electron chi connectivity index (χ2n) is 7.15. The first-order valence-corrected chi connectivity index (χ1v) is 10.2. The number of esters is 2. The van der Waals surface area contributed by atoms with Crippen LogP contribution in [-0.2, 0) is 30.3 Å². The summed E-state index contributed by atoms with van der Waals surface area (Å²) >= 11 is 0. The van der Waals surface area contributed by atoms with Gasteiger partial charge in [-0.3, -0.25) is 9.69 Å². The predicted molar refractivity (Wildman–Crippen MR) is 105 cm³/mol. The Bertz CT molecular complexity index is 816. The molecule has 1 aliphatic rings. The van der Waals surface area contributed by atoms with Gasteiger partial charge in [-0.1, -0.05) is 30.3 Å². The third-order valence-electron chi connectivity index (χ3n) is 4.90. The fraction of sp³-hybridized carbons (Fsp3) is 0.524. The molecule has 8 nitrogen and oxygen atoms in total. The first-order valence-electron chi connectivity index (χ1n) is 10.2. The zero-order valence-electron chi connectivity index (χ0n) is 17.5. The highest BCUT2D eigenvalue weighted by Gasteiger charge is 2.47. The first-order chi connectivity index (χ1) is 15.1. The minimum atomic E-state index is -4.97. The van der Waals surface area contributed by atoms with Crippen molar-refractivity contribution in [3.8, 4) is 0 Å². The third kappa shape index (κ3) is 6.96. The molecule has 2 atom stereocenters. The van der Waals surface area contributed by atoms with E-state index in [0.29, 0.717) is 6.42 Å². The molecule has 0 bridgehead atoms. The van der Waals surface area contributed by atoms with Crippen LogP contribution in [0.15, 0.2) is 30.3 Å². The van der Waals surface area contributed by atoms with Crippen molar-refractivity contribution < 1.29 is 41.8 Å². The van der Waals surface area contributed by atoms with Gasteiger partial charge >= 0.3 is 30.1 Å². The van der Waals surface area contributed by atoms with E-state index in [0.717, 1.165) is 10.5 Å². The van der Waals surface area contributed by atoms with Gasteiger partial charge in [0.25, 0.3) is 0 Å². The Morgan fingerprint density at radius 2 is 1.88 bits per heavy atom. The highest BCUT2D eigenvalue weighted by molar-refractivity contribution is 5.97. The number of ether oxygens (including phenoxy) is 2. The van der Waals surface area contributed by atoms with Gasteiger partial charge < -0.3 is 14.8 Å². The first kappa shape index (κ1) is 25.2. The molecule has 1 aliphatic heterocycles. The minimum absolute atomic E-state index is 0.0632. The molecule has 1 aromatic carbocycles. The molecule has 176 valence electrons. The molecule has 1 saturated heterocycles. The number of carbonyl (C=O) groups is 4. The molecule has 2 unspecified atom stereocenters. The van der Waals surface area contributed by atoms with Gasteiger partial charge in [-0.2, -0.15) is 13.2 Å². The molecule has 1 heterocycles. The van der Waals surface area contributed by atoms with Gasteiger partial charge in [-0.05, 0) is 44.6 Å². The fourth-order valence-electron chi connectivity index (χ4n) is 3.37. The van der Waals surface area contributed by atoms with E-state index in [2.05, 4.69) is 0 Å². The smallest absolute Gasteiger partial charge is 0.464 e. The van der Waals surface area contributed by atoms with Crippen LogP contribution in [0.2, 0.25) is 0 Å². The Morgan fingerprint density at radius 3 is 2.50 bits per heavy atom. The number of aryl methyl sites for hydroxylation is 1. The van der Waals surface area contributed by atoms with Crippen molar-refractivity contribution in [1.29, 1.82) is 0 Å². The molecule has 1 N–H and O–H groups in total. The topological polar surface area (TPSA) is 102 Å². The average molecular weight is 458 g/mol. The molecule has 32 heavy (non-hydrogen) atoms. The summed E-state index contributed by atoms with van der Waals surface area (Å²) in [7, 11) is 0. The summed E-state index contributed by atoms with van der Waals surface area (Å²) in [6.07, 6.45) is -4.87. The molecular formula is C21H25F3N2O6. The Balaban J connectivity index is 2.01. The van der Waals surface area contributed by atoms with Crippen LogP contribution in [0.1, 0.15) is 38.2 Å². The molecule has 11 heteroatoms. The van der Waals surface area contributed by atoms with E-state index in [9.17, 15) is 32.3 Å². The van der Waals surface area contributed by atoms with E-state index in [1.54, 1.807) is 12.2 Å². The van der Waals surface area contributed by atoms with Gasteiger partial charge in [0.1, 0.15) is 12.1 Å². The number of cyclic esters (lactones) is 2. The van der Waals surface area contributed by atoms with E-state index in [-0.39, 0.29) is 38.8 Å². The molecule has 0 radical (unpaired) electrons. The highest BCUT2D eigenvalue weighted by Crippen LogP contribution is 2.25. The summed E-state index contributed by atoms with van der Waals surface area (Å²) in [6.45, 7) is 1.46. The Kier molecular flexibility index (Phi) is 9.03. The van der Waals surface area contributed by atoms with Crippen molar-refractivity contribution in [3.05, 3.63) is 35.9 Å². The van der Waals surface area contributed by atoms with Crippen LogP contribution in [0, 0.1) is 0 Å². The largest absolute Gasteiger partial charge is 0.471 e. The lowest BCUT2D eigenvalue weighted by atomic mass is 10.0. The van der Waals surface area contributed by atoms with Crippen molar-refractivity contribution in [2.45, 2.75) is 57.3 Å². The number of nitrogens with zero attached hydrogens (tertiary/aromatic N) is 1. The molecule has 2 amide bonds. The van der Waals surface area contributed by atoms with Gasteiger partial charge in [0.05, 0.1) is 6.61 Å². The standard InChI is InChI=1S/C21H25F3N2O6/c1-2-31-17(27)16(12-11-14-8-4-3-5-9-14)26-15(18(28)32-20(26)30)10-6-7-13-25-19(29)21(22,23)24/h3-5,8-9,15-16H,2,6-7,10-13H2,1H3,(H,25,29). The number of hydrogen-bond donors (Lipinski definition) is 1. The van der Waals surface area contributed by atoms with Crippen molar-refractivity contribution in [2.75, 3.05) is 13.2 Å². The van der Waals surface area contributed by atoms with E-state index < -0.39 is 42.2 Å². The molecule has 0 aliphatic carbocycles. The van der Waals surface area contributed by atoms with E-state index in [4.69, 9.17) is 9.47 Å². The van der Waals surface area contributed by atoms with Gasteiger partial charge in [-0.25, -0.2) is 14.4 Å². The Morgan fingerprint density at radius 1 is 1.19 bits per heavy atom. The maximum absolute atomic E-state index is 12.6. The van der Waals surface area contributed by atoms with E-state index in [1.165, 1.54) is 0 Å². The van der Waals surface area contributed by atoms with Crippen LogP contribution in [0.5, 0.6) is 0 Å². The van der Waals surface area contributed by atoms with Crippen molar-refractivity contribution in [1.82, 2.24) is 10.2 Å². The molecular weight excluding hydrogens is 433 g/mol. The summed E-state index contributed by atoms with van der Waals surface area (Å²) in [5.74, 6) is -3.54. The maximum atomic E-state index is 12.6. The van der Waals surface area contributed by atoms with Crippen LogP contribution in [-0.4, -0.2) is 60.3 Å². The Hall–Kier alpha value is -3.11. The number of halogens is 3. The molecule has 1 aromatic rings. The van der Waals surface area contributed by atoms with Gasteiger partial charge in [0, 0.05) is 6.54 Å². The molecule has 0 spiro atoms. The van der Waals surface area contributed by atoms with Crippen molar-refractivity contribution in [2.24, 2.45) is 0 Å². The number of amides is 2. The number of carbonyl (C=O) groups excluding carboxylic acids is 4. The quantitative estimate of drug-likeness (QED) is 0.311. The maximum Gasteiger partial charge on any atom is 0.471 e. The van der Waals surface area contributed by atoms with Crippen LogP contribution in [0.4, 0.5) is 18.0 Å².